The molecule has 0 bridgehead atoms. The number of aryl methyl sites for hydroxylation is 1. The van der Waals surface area contributed by atoms with E-state index in [0.29, 0.717) is 19.4 Å². The highest BCUT2D eigenvalue weighted by Gasteiger charge is 2.22. The van der Waals surface area contributed by atoms with Crippen LogP contribution in [0.3, 0.4) is 0 Å². The van der Waals surface area contributed by atoms with Crippen molar-refractivity contribution in [3.8, 4) is 5.75 Å². The maximum absolute atomic E-state index is 11.0. The van der Waals surface area contributed by atoms with Gasteiger partial charge in [-0.3, -0.25) is 4.79 Å². The molecule has 1 heterocycles. The molecule has 92 valence electrons. The van der Waals surface area contributed by atoms with E-state index >= 15 is 0 Å². The van der Waals surface area contributed by atoms with Crippen molar-refractivity contribution >= 4 is 5.97 Å². The van der Waals surface area contributed by atoms with Gasteiger partial charge >= 0.3 is 5.97 Å². The molecule has 4 heteroatoms. The van der Waals surface area contributed by atoms with Gasteiger partial charge in [-0.1, -0.05) is 12.1 Å². The number of rotatable bonds is 6. The molecular weight excluding hydrogens is 220 g/mol. The molecule has 1 saturated heterocycles. The molecular formula is C13H16O4. The lowest BCUT2D eigenvalue weighted by Crippen LogP contribution is -2.04. The second-order valence-electron chi connectivity index (χ2n) is 3.99. The lowest BCUT2D eigenvalue weighted by atomic mass is 10.1. The molecule has 17 heavy (non-hydrogen) atoms. The van der Waals surface area contributed by atoms with Gasteiger partial charge in [-0.05, 0) is 24.1 Å². The third kappa shape index (κ3) is 4.07. The minimum atomic E-state index is -0.184. The fourth-order valence-electron chi connectivity index (χ4n) is 1.45. The molecule has 0 aromatic heterocycles. The summed E-state index contributed by atoms with van der Waals surface area (Å²) in [5.74, 6) is 0.651. The summed E-state index contributed by atoms with van der Waals surface area (Å²) in [7, 11) is 1.40. The van der Waals surface area contributed by atoms with Crippen LogP contribution in [-0.2, 0) is 20.7 Å². The summed E-state index contributed by atoms with van der Waals surface area (Å²) in [6, 6.07) is 7.75. The van der Waals surface area contributed by atoms with Crippen LogP contribution in [0.15, 0.2) is 24.3 Å². The van der Waals surface area contributed by atoms with E-state index in [4.69, 9.17) is 9.47 Å². The second kappa shape index (κ2) is 5.68. The third-order valence-electron chi connectivity index (χ3n) is 2.61. The van der Waals surface area contributed by atoms with E-state index in [1.54, 1.807) is 0 Å². The van der Waals surface area contributed by atoms with Crippen LogP contribution in [0.2, 0.25) is 0 Å². The first-order valence-electron chi connectivity index (χ1n) is 5.68. The number of benzene rings is 1. The summed E-state index contributed by atoms with van der Waals surface area (Å²) in [5, 5.41) is 0. The molecule has 0 saturated carbocycles. The van der Waals surface area contributed by atoms with Crippen molar-refractivity contribution in [2.24, 2.45) is 0 Å². The van der Waals surface area contributed by atoms with Crippen LogP contribution < -0.4 is 4.74 Å². The van der Waals surface area contributed by atoms with E-state index in [0.717, 1.165) is 17.9 Å². The number of methoxy groups -OCH3 is 1. The summed E-state index contributed by atoms with van der Waals surface area (Å²) in [4.78, 5) is 11.0. The molecule has 2 rings (SSSR count). The molecule has 1 aliphatic rings. The van der Waals surface area contributed by atoms with E-state index in [9.17, 15) is 4.79 Å². The Bertz CT molecular complexity index is 368. The third-order valence-corrected chi connectivity index (χ3v) is 2.61. The van der Waals surface area contributed by atoms with Gasteiger partial charge < -0.3 is 14.2 Å². The Hall–Kier alpha value is -1.55. The Morgan fingerprint density at radius 1 is 1.41 bits per heavy atom. The van der Waals surface area contributed by atoms with Crippen LogP contribution in [0.4, 0.5) is 0 Å². The quantitative estimate of drug-likeness (QED) is 0.555. The molecule has 1 fully saturated rings. The standard InChI is InChI=1S/C13H16O4/c1-15-13(14)7-4-10-2-5-11(6-3-10)16-8-12-9-17-12/h2-3,5-6,12H,4,7-9H2,1H3. The van der Waals surface area contributed by atoms with Gasteiger partial charge in [0.15, 0.2) is 0 Å². The van der Waals surface area contributed by atoms with Crippen LogP contribution in [-0.4, -0.2) is 32.4 Å². The van der Waals surface area contributed by atoms with Crippen molar-refractivity contribution in [1.29, 1.82) is 0 Å². The monoisotopic (exact) mass is 236 g/mol. The largest absolute Gasteiger partial charge is 0.491 e. The van der Waals surface area contributed by atoms with Crippen LogP contribution >= 0.6 is 0 Å². The van der Waals surface area contributed by atoms with Crippen LogP contribution in [0.5, 0.6) is 5.75 Å². The molecule has 0 aliphatic carbocycles. The predicted molar refractivity (Wildman–Crippen MR) is 62.0 cm³/mol. The molecule has 4 nitrogen and oxygen atoms in total. The average molecular weight is 236 g/mol. The van der Waals surface area contributed by atoms with Gasteiger partial charge in [0, 0.05) is 6.42 Å². The van der Waals surface area contributed by atoms with Crippen molar-refractivity contribution in [2.45, 2.75) is 18.9 Å². The Labute approximate surface area is 100 Å². The molecule has 0 radical (unpaired) electrons. The molecule has 0 amide bonds. The van der Waals surface area contributed by atoms with Crippen molar-refractivity contribution < 1.29 is 19.0 Å². The Morgan fingerprint density at radius 2 is 2.12 bits per heavy atom. The van der Waals surface area contributed by atoms with E-state index in [2.05, 4.69) is 4.74 Å². The molecule has 0 N–H and O–H groups in total. The van der Waals surface area contributed by atoms with Crippen molar-refractivity contribution in [2.75, 3.05) is 20.3 Å². The average Bonchev–Trinajstić information content (AvgIpc) is 3.18. The van der Waals surface area contributed by atoms with Crippen molar-refractivity contribution in [1.82, 2.24) is 0 Å². The first-order chi connectivity index (χ1) is 8.28. The minimum Gasteiger partial charge on any atom is -0.491 e. The zero-order chi connectivity index (χ0) is 12.1. The highest BCUT2D eigenvalue weighted by molar-refractivity contribution is 5.69. The highest BCUT2D eigenvalue weighted by Crippen LogP contribution is 2.16. The van der Waals surface area contributed by atoms with E-state index in [1.807, 2.05) is 24.3 Å². The van der Waals surface area contributed by atoms with E-state index < -0.39 is 0 Å². The topological polar surface area (TPSA) is 48.1 Å². The molecule has 1 aromatic carbocycles. The number of ether oxygens (including phenoxy) is 3. The molecule has 1 aromatic rings. The SMILES string of the molecule is COC(=O)CCc1ccc(OCC2CO2)cc1. The predicted octanol–water partition coefficient (Wildman–Crippen LogP) is 1.57. The number of hydrogen-bond donors (Lipinski definition) is 0. The van der Waals surface area contributed by atoms with Gasteiger partial charge in [-0.2, -0.15) is 0 Å². The first kappa shape index (κ1) is 11.9. The lowest BCUT2D eigenvalue weighted by Gasteiger charge is -2.05. The highest BCUT2D eigenvalue weighted by atomic mass is 16.6. The van der Waals surface area contributed by atoms with Gasteiger partial charge in [0.1, 0.15) is 18.5 Å². The Kier molecular flexibility index (Phi) is 3.98. The molecule has 1 aliphatic heterocycles. The van der Waals surface area contributed by atoms with Gasteiger partial charge in [0.2, 0.25) is 0 Å². The summed E-state index contributed by atoms with van der Waals surface area (Å²) in [6.07, 6.45) is 1.37. The number of hydrogen-bond acceptors (Lipinski definition) is 4. The van der Waals surface area contributed by atoms with Gasteiger partial charge in [0.05, 0.1) is 13.7 Å². The second-order valence-corrected chi connectivity index (χ2v) is 3.99. The van der Waals surface area contributed by atoms with Crippen LogP contribution in [0, 0.1) is 0 Å². The molecule has 1 atom stereocenters. The summed E-state index contributed by atoms with van der Waals surface area (Å²) < 4.78 is 15.2. The number of epoxide rings is 1. The fourth-order valence-corrected chi connectivity index (χ4v) is 1.45. The summed E-state index contributed by atoms with van der Waals surface area (Å²) in [5.41, 5.74) is 1.10. The zero-order valence-electron chi connectivity index (χ0n) is 9.85. The fraction of sp³-hybridized carbons (Fsp3) is 0.462. The number of esters is 1. The van der Waals surface area contributed by atoms with Crippen LogP contribution in [0.1, 0.15) is 12.0 Å². The Morgan fingerprint density at radius 3 is 2.71 bits per heavy atom. The Balaban J connectivity index is 1.77. The minimum absolute atomic E-state index is 0.184. The summed E-state index contributed by atoms with van der Waals surface area (Å²) in [6.45, 7) is 1.42. The number of carbonyl (C=O) groups excluding carboxylic acids is 1. The van der Waals surface area contributed by atoms with Crippen LogP contribution in [0.25, 0.3) is 0 Å². The maximum atomic E-state index is 11.0. The van der Waals surface area contributed by atoms with Crippen molar-refractivity contribution in [3.05, 3.63) is 29.8 Å². The molecule has 1 unspecified atom stereocenters. The normalized spacial score (nSPS) is 17.6. The van der Waals surface area contributed by atoms with E-state index in [-0.39, 0.29) is 12.1 Å². The van der Waals surface area contributed by atoms with Gasteiger partial charge in [0.25, 0.3) is 0 Å². The van der Waals surface area contributed by atoms with Crippen molar-refractivity contribution in [3.63, 3.8) is 0 Å². The smallest absolute Gasteiger partial charge is 0.305 e. The number of carbonyl (C=O) groups is 1. The van der Waals surface area contributed by atoms with Gasteiger partial charge in [-0.15, -0.1) is 0 Å². The summed E-state index contributed by atoms with van der Waals surface area (Å²) >= 11 is 0. The molecule has 0 spiro atoms. The lowest BCUT2D eigenvalue weighted by molar-refractivity contribution is -0.140. The maximum Gasteiger partial charge on any atom is 0.305 e. The zero-order valence-corrected chi connectivity index (χ0v) is 9.85. The first-order valence-corrected chi connectivity index (χ1v) is 5.68. The van der Waals surface area contributed by atoms with Gasteiger partial charge in [-0.25, -0.2) is 0 Å². The van der Waals surface area contributed by atoms with E-state index in [1.165, 1.54) is 7.11 Å².